The second-order valence-electron chi connectivity index (χ2n) is 10.8. The number of aryl methyl sites for hydroxylation is 1. The first-order valence-corrected chi connectivity index (χ1v) is 14.4. The molecule has 0 aromatic heterocycles. The fraction of sp³-hybridized carbons (Fsp3) is 0.486. The maximum absolute atomic E-state index is 3.40. The molecule has 0 spiro atoms. The predicted molar refractivity (Wildman–Crippen MR) is 153 cm³/mol. The van der Waals surface area contributed by atoms with Gasteiger partial charge in [0.1, 0.15) is 0 Å². The Kier molecular flexibility index (Phi) is 9.89. The van der Waals surface area contributed by atoms with Crippen molar-refractivity contribution in [3.05, 3.63) is 82.9 Å². The molecule has 0 nitrogen and oxygen atoms in total. The van der Waals surface area contributed by atoms with Crippen LogP contribution in [0, 0.1) is 17.8 Å². The van der Waals surface area contributed by atoms with Gasteiger partial charge >= 0.3 is 0 Å². The minimum absolute atomic E-state index is 0.747. The van der Waals surface area contributed by atoms with Gasteiger partial charge in [-0.1, -0.05) is 107 Å². The summed E-state index contributed by atoms with van der Waals surface area (Å²) in [5.41, 5.74) is 5.18. The summed E-state index contributed by atoms with van der Waals surface area (Å²) < 4.78 is 0. The first-order chi connectivity index (χ1) is 17.2. The largest absolute Gasteiger partial charge is 0.0654 e. The van der Waals surface area contributed by atoms with Crippen LogP contribution in [-0.4, -0.2) is 0 Å². The maximum Gasteiger partial charge on any atom is 0.0255 e. The van der Waals surface area contributed by atoms with E-state index in [0.29, 0.717) is 0 Å². The predicted octanol–water partition coefficient (Wildman–Crippen LogP) is 10.2. The van der Waals surface area contributed by atoms with Gasteiger partial charge in [-0.25, -0.2) is 0 Å². The molecule has 0 unspecified atom stereocenters. The Bertz CT molecular complexity index is 1100. The molecule has 0 aliphatic heterocycles. The molecule has 1 fully saturated rings. The molecule has 0 bridgehead atoms. The van der Waals surface area contributed by atoms with Gasteiger partial charge in [-0.2, -0.15) is 0 Å². The highest BCUT2D eigenvalue weighted by Gasteiger charge is 2.21. The zero-order valence-corrected chi connectivity index (χ0v) is 22.1. The number of rotatable bonds is 10. The molecule has 1 saturated carbocycles. The van der Waals surface area contributed by atoms with Crippen LogP contribution < -0.4 is 0 Å². The van der Waals surface area contributed by atoms with Gasteiger partial charge < -0.3 is 0 Å². The van der Waals surface area contributed by atoms with Crippen molar-refractivity contribution in [1.82, 2.24) is 0 Å². The van der Waals surface area contributed by atoms with Crippen molar-refractivity contribution in [3.63, 3.8) is 0 Å². The average Bonchev–Trinajstić information content (AvgIpc) is 2.91. The van der Waals surface area contributed by atoms with Crippen LogP contribution in [0.4, 0.5) is 0 Å². The van der Waals surface area contributed by atoms with Crippen molar-refractivity contribution in [2.45, 2.75) is 103 Å². The van der Waals surface area contributed by atoms with E-state index in [-0.39, 0.29) is 0 Å². The molecular formula is C35H44. The Balaban J connectivity index is 1.32. The zero-order valence-electron chi connectivity index (χ0n) is 22.1. The van der Waals surface area contributed by atoms with E-state index in [1.807, 2.05) is 0 Å². The Hall–Kier alpha value is -2.52. The van der Waals surface area contributed by atoms with Crippen LogP contribution in [0.15, 0.2) is 60.7 Å². The number of benzene rings is 3. The molecule has 1 aliphatic carbocycles. The van der Waals surface area contributed by atoms with E-state index in [4.69, 9.17) is 0 Å². The summed E-state index contributed by atoms with van der Waals surface area (Å²) in [6, 6.07) is 22.7. The highest BCUT2D eigenvalue weighted by Crippen LogP contribution is 2.37. The van der Waals surface area contributed by atoms with Crippen molar-refractivity contribution in [1.29, 1.82) is 0 Å². The normalized spacial score (nSPS) is 17.8. The summed E-state index contributed by atoms with van der Waals surface area (Å²) in [7, 11) is 0. The Morgan fingerprint density at radius 1 is 0.629 bits per heavy atom. The third-order valence-electron chi connectivity index (χ3n) is 8.02. The number of fused-ring (bicyclic) bond motifs is 1. The fourth-order valence-electron chi connectivity index (χ4n) is 5.72. The summed E-state index contributed by atoms with van der Waals surface area (Å²) in [6.07, 6.45) is 17.6. The molecule has 0 heterocycles. The lowest BCUT2D eigenvalue weighted by Crippen LogP contribution is -2.13. The molecule has 0 heteroatoms. The van der Waals surface area contributed by atoms with E-state index < -0.39 is 0 Å². The standard InChI is InChI=1S/C35H44/c1-3-5-7-8-9-11-30-18-24-35-27-31(19-25-34(35)26-30)13-12-29-16-22-33(23-17-29)32-20-14-28(15-21-32)10-6-4-2/h16-19,22-28,32H,3-11,14-15,20-21H2,1-2H3/t28-,32-. The highest BCUT2D eigenvalue weighted by molar-refractivity contribution is 5.84. The molecule has 35 heavy (non-hydrogen) atoms. The topological polar surface area (TPSA) is 0 Å². The smallest absolute Gasteiger partial charge is 0.0255 e. The number of hydrogen-bond acceptors (Lipinski definition) is 0. The molecule has 0 saturated heterocycles. The van der Waals surface area contributed by atoms with Crippen LogP contribution in [0.1, 0.15) is 119 Å². The van der Waals surface area contributed by atoms with Gasteiger partial charge in [0.15, 0.2) is 0 Å². The first kappa shape index (κ1) is 25.6. The van der Waals surface area contributed by atoms with E-state index in [2.05, 4.69) is 86.4 Å². The lowest BCUT2D eigenvalue weighted by molar-refractivity contribution is 0.304. The SMILES string of the molecule is CCCCCCCc1ccc2cc(C#Cc3ccc([C@H]4CC[C@H](CCCC)CC4)cc3)ccc2c1. The van der Waals surface area contributed by atoms with E-state index >= 15 is 0 Å². The molecule has 0 atom stereocenters. The summed E-state index contributed by atoms with van der Waals surface area (Å²) in [4.78, 5) is 0. The maximum atomic E-state index is 3.40. The minimum Gasteiger partial charge on any atom is -0.0654 e. The Labute approximate surface area is 214 Å². The number of unbranched alkanes of at least 4 members (excludes halogenated alkanes) is 5. The van der Waals surface area contributed by atoms with Crippen LogP contribution in [0.2, 0.25) is 0 Å². The molecule has 0 amide bonds. The van der Waals surface area contributed by atoms with Crippen LogP contribution in [0.25, 0.3) is 10.8 Å². The van der Waals surface area contributed by atoms with Crippen molar-refractivity contribution in [2.75, 3.05) is 0 Å². The van der Waals surface area contributed by atoms with Crippen molar-refractivity contribution in [2.24, 2.45) is 5.92 Å². The lowest BCUT2D eigenvalue weighted by atomic mass is 9.77. The summed E-state index contributed by atoms with van der Waals surface area (Å²) in [5, 5.41) is 2.62. The molecule has 184 valence electrons. The van der Waals surface area contributed by atoms with Crippen LogP contribution in [0.3, 0.4) is 0 Å². The van der Waals surface area contributed by atoms with E-state index in [1.54, 1.807) is 0 Å². The first-order valence-electron chi connectivity index (χ1n) is 14.4. The van der Waals surface area contributed by atoms with Gasteiger partial charge in [-0.3, -0.25) is 0 Å². The molecule has 0 N–H and O–H groups in total. The third-order valence-corrected chi connectivity index (χ3v) is 8.02. The van der Waals surface area contributed by atoms with Crippen LogP contribution in [0.5, 0.6) is 0 Å². The van der Waals surface area contributed by atoms with Crippen LogP contribution in [-0.2, 0) is 6.42 Å². The number of hydrogen-bond donors (Lipinski definition) is 0. The van der Waals surface area contributed by atoms with Gasteiger partial charge in [0.05, 0.1) is 0 Å². The summed E-state index contributed by atoms with van der Waals surface area (Å²) in [6.45, 7) is 4.58. The van der Waals surface area contributed by atoms with Gasteiger partial charge in [0.2, 0.25) is 0 Å². The van der Waals surface area contributed by atoms with E-state index in [9.17, 15) is 0 Å². The molecule has 4 rings (SSSR count). The second kappa shape index (κ2) is 13.5. The van der Waals surface area contributed by atoms with Crippen molar-refractivity contribution in [3.8, 4) is 11.8 Å². The highest BCUT2D eigenvalue weighted by atomic mass is 14.3. The monoisotopic (exact) mass is 464 g/mol. The van der Waals surface area contributed by atoms with Gasteiger partial charge in [0.25, 0.3) is 0 Å². The Morgan fingerprint density at radius 2 is 1.29 bits per heavy atom. The molecule has 3 aromatic rings. The molecular weight excluding hydrogens is 420 g/mol. The third kappa shape index (κ3) is 7.73. The zero-order chi connectivity index (χ0) is 24.3. The van der Waals surface area contributed by atoms with Crippen LogP contribution >= 0.6 is 0 Å². The summed E-state index contributed by atoms with van der Waals surface area (Å²) in [5.74, 6) is 8.51. The van der Waals surface area contributed by atoms with Gasteiger partial charge in [-0.05, 0) is 96.5 Å². The van der Waals surface area contributed by atoms with Crippen molar-refractivity contribution < 1.29 is 0 Å². The average molecular weight is 465 g/mol. The fourth-order valence-corrected chi connectivity index (χ4v) is 5.72. The minimum atomic E-state index is 0.747. The molecule has 1 aliphatic rings. The molecule has 0 radical (unpaired) electrons. The molecule has 3 aromatic carbocycles. The summed E-state index contributed by atoms with van der Waals surface area (Å²) >= 11 is 0. The van der Waals surface area contributed by atoms with E-state index in [0.717, 1.165) is 23.0 Å². The quantitative estimate of drug-likeness (QED) is 0.207. The van der Waals surface area contributed by atoms with Gasteiger partial charge in [-0.15, -0.1) is 0 Å². The van der Waals surface area contributed by atoms with Crippen molar-refractivity contribution >= 4 is 10.8 Å². The van der Waals surface area contributed by atoms with Gasteiger partial charge in [0, 0.05) is 11.1 Å². The lowest BCUT2D eigenvalue weighted by Gasteiger charge is -2.28. The van der Waals surface area contributed by atoms with E-state index in [1.165, 1.54) is 105 Å². The Morgan fingerprint density at radius 3 is 2.06 bits per heavy atom. The second-order valence-corrected chi connectivity index (χ2v) is 10.8.